The fraction of sp³-hybridized carbons (Fsp3) is 0.200. The van der Waals surface area contributed by atoms with Gasteiger partial charge in [0.25, 0.3) is 5.91 Å². The van der Waals surface area contributed by atoms with Crippen molar-refractivity contribution in [2.45, 2.75) is 6.54 Å². The molecule has 1 amide bonds. The van der Waals surface area contributed by atoms with Crippen LogP contribution >= 0.6 is 11.6 Å². The van der Waals surface area contributed by atoms with Gasteiger partial charge >= 0.3 is 0 Å². The summed E-state index contributed by atoms with van der Waals surface area (Å²) < 4.78 is 10.9. The number of hydrogen-bond acceptors (Lipinski definition) is 4. The van der Waals surface area contributed by atoms with E-state index in [2.05, 4.69) is 10.3 Å². The maximum atomic E-state index is 12.2. The van der Waals surface area contributed by atoms with Crippen LogP contribution in [0, 0.1) is 0 Å². The van der Waals surface area contributed by atoms with Gasteiger partial charge in [0, 0.05) is 25.0 Å². The first-order valence-electron chi connectivity index (χ1n) is 6.50. The van der Waals surface area contributed by atoms with E-state index in [-0.39, 0.29) is 5.91 Å². The third kappa shape index (κ3) is 3.08. The number of hydrogen-bond donors (Lipinski definition) is 1. The molecule has 2 heterocycles. The van der Waals surface area contributed by atoms with Crippen molar-refractivity contribution < 1.29 is 14.3 Å². The highest BCUT2D eigenvalue weighted by molar-refractivity contribution is 6.34. The van der Waals surface area contributed by atoms with E-state index in [0.29, 0.717) is 41.8 Å². The molecule has 0 unspecified atom stereocenters. The molecule has 0 fully saturated rings. The molecule has 21 heavy (non-hydrogen) atoms. The minimum atomic E-state index is -0.263. The molecule has 0 saturated carbocycles. The number of rotatable bonds is 3. The number of ether oxygens (including phenoxy) is 2. The molecule has 1 N–H and O–H groups in total. The number of fused-ring (bicyclic) bond motifs is 1. The van der Waals surface area contributed by atoms with Crippen LogP contribution in [0.3, 0.4) is 0 Å². The van der Waals surface area contributed by atoms with Crippen molar-refractivity contribution in [3.8, 4) is 11.5 Å². The third-order valence-electron chi connectivity index (χ3n) is 3.05. The highest BCUT2D eigenvalue weighted by Gasteiger charge is 2.18. The molecule has 6 heteroatoms. The molecule has 2 aromatic rings. The average molecular weight is 305 g/mol. The quantitative estimate of drug-likeness (QED) is 0.946. The highest BCUT2D eigenvalue weighted by Crippen LogP contribution is 2.35. The summed E-state index contributed by atoms with van der Waals surface area (Å²) in [5, 5.41) is 3.14. The van der Waals surface area contributed by atoms with Crippen LogP contribution in [0.4, 0.5) is 0 Å². The van der Waals surface area contributed by atoms with Crippen LogP contribution in [0.1, 0.15) is 15.9 Å². The first-order valence-corrected chi connectivity index (χ1v) is 6.88. The predicted octanol–water partition coefficient (Wildman–Crippen LogP) is 2.44. The fourth-order valence-corrected chi connectivity index (χ4v) is 2.26. The maximum Gasteiger partial charge on any atom is 0.253 e. The summed E-state index contributed by atoms with van der Waals surface area (Å²) >= 11 is 6.13. The van der Waals surface area contributed by atoms with Crippen LogP contribution in [0.2, 0.25) is 5.02 Å². The molecule has 1 aliphatic rings. The van der Waals surface area contributed by atoms with Crippen molar-refractivity contribution in [3.63, 3.8) is 0 Å². The zero-order valence-corrected chi connectivity index (χ0v) is 11.9. The number of halogens is 1. The number of carbonyl (C=O) groups is 1. The number of nitrogens with zero attached hydrogens (tertiary/aromatic N) is 1. The molecule has 0 radical (unpaired) electrons. The Hall–Kier alpha value is -2.27. The lowest BCUT2D eigenvalue weighted by molar-refractivity contribution is 0.0950. The second-order valence-corrected chi connectivity index (χ2v) is 4.93. The average Bonchev–Trinajstić information content (AvgIpc) is 2.53. The van der Waals surface area contributed by atoms with Gasteiger partial charge in [-0.1, -0.05) is 17.7 Å². The molecule has 1 aromatic carbocycles. The Balaban J connectivity index is 1.75. The molecule has 0 spiro atoms. The molecule has 3 rings (SSSR count). The van der Waals surface area contributed by atoms with Gasteiger partial charge in [-0.25, -0.2) is 0 Å². The van der Waals surface area contributed by atoms with Crippen molar-refractivity contribution in [2.75, 3.05) is 13.2 Å². The zero-order valence-electron chi connectivity index (χ0n) is 11.1. The summed E-state index contributed by atoms with van der Waals surface area (Å²) in [6.45, 7) is 1.33. The van der Waals surface area contributed by atoms with E-state index >= 15 is 0 Å². The van der Waals surface area contributed by atoms with E-state index in [4.69, 9.17) is 21.1 Å². The first kappa shape index (κ1) is 13.7. The van der Waals surface area contributed by atoms with Gasteiger partial charge in [-0.2, -0.15) is 0 Å². The Kier molecular flexibility index (Phi) is 3.92. The van der Waals surface area contributed by atoms with Gasteiger partial charge in [0.1, 0.15) is 13.2 Å². The summed E-state index contributed by atoms with van der Waals surface area (Å²) in [5.41, 5.74) is 1.28. The zero-order chi connectivity index (χ0) is 14.7. The van der Waals surface area contributed by atoms with E-state index in [0.717, 1.165) is 5.56 Å². The summed E-state index contributed by atoms with van der Waals surface area (Å²) in [5.74, 6) is 0.841. The van der Waals surface area contributed by atoms with Gasteiger partial charge in [-0.3, -0.25) is 9.78 Å². The molecule has 0 bridgehead atoms. The van der Waals surface area contributed by atoms with E-state index in [1.54, 1.807) is 24.5 Å². The molecular weight excluding hydrogens is 292 g/mol. The smallest absolute Gasteiger partial charge is 0.253 e. The number of amides is 1. The van der Waals surface area contributed by atoms with Crippen molar-refractivity contribution in [1.29, 1.82) is 0 Å². The topological polar surface area (TPSA) is 60.5 Å². The molecule has 1 aromatic heterocycles. The monoisotopic (exact) mass is 304 g/mol. The SMILES string of the molecule is O=C(NCc1cccnc1)c1cc2c(cc1Cl)OCCO2. The minimum Gasteiger partial charge on any atom is -0.486 e. The van der Waals surface area contributed by atoms with E-state index in [1.165, 1.54) is 0 Å². The molecule has 108 valence electrons. The Labute approximate surface area is 126 Å². The van der Waals surface area contributed by atoms with E-state index < -0.39 is 0 Å². The van der Waals surface area contributed by atoms with E-state index in [1.807, 2.05) is 12.1 Å². The number of carbonyl (C=O) groups excluding carboxylic acids is 1. The van der Waals surface area contributed by atoms with Crippen molar-refractivity contribution in [1.82, 2.24) is 10.3 Å². The molecule has 0 saturated heterocycles. The molecule has 0 atom stereocenters. The first-order chi connectivity index (χ1) is 10.2. The van der Waals surface area contributed by atoms with Crippen molar-refractivity contribution in [3.05, 3.63) is 52.8 Å². The van der Waals surface area contributed by atoms with Gasteiger partial charge in [0.15, 0.2) is 11.5 Å². The van der Waals surface area contributed by atoms with Gasteiger partial charge in [-0.15, -0.1) is 0 Å². The normalized spacial score (nSPS) is 12.8. The Morgan fingerprint density at radius 2 is 2.05 bits per heavy atom. The predicted molar refractivity (Wildman–Crippen MR) is 77.8 cm³/mol. The lowest BCUT2D eigenvalue weighted by atomic mass is 10.1. The second-order valence-electron chi connectivity index (χ2n) is 4.52. The van der Waals surface area contributed by atoms with E-state index in [9.17, 15) is 4.79 Å². The second kappa shape index (κ2) is 6.01. The lowest BCUT2D eigenvalue weighted by Gasteiger charge is -2.19. The van der Waals surface area contributed by atoms with Gasteiger partial charge in [0.05, 0.1) is 10.6 Å². The number of benzene rings is 1. The summed E-state index contributed by atoms with van der Waals surface area (Å²) in [6, 6.07) is 6.92. The van der Waals surface area contributed by atoms with Crippen LogP contribution < -0.4 is 14.8 Å². The summed E-state index contributed by atoms with van der Waals surface area (Å²) in [4.78, 5) is 16.2. The van der Waals surface area contributed by atoms with Crippen LogP contribution in [0.5, 0.6) is 11.5 Å². The summed E-state index contributed by atoms with van der Waals surface area (Å²) in [6.07, 6.45) is 3.38. The Morgan fingerprint density at radius 1 is 1.29 bits per heavy atom. The van der Waals surface area contributed by atoms with Gasteiger partial charge in [-0.05, 0) is 17.7 Å². The number of pyridine rings is 1. The fourth-order valence-electron chi connectivity index (χ4n) is 2.02. The largest absolute Gasteiger partial charge is 0.486 e. The van der Waals surface area contributed by atoms with Gasteiger partial charge in [0.2, 0.25) is 0 Å². The number of aromatic nitrogens is 1. The molecule has 5 nitrogen and oxygen atoms in total. The van der Waals surface area contributed by atoms with Gasteiger partial charge < -0.3 is 14.8 Å². The Morgan fingerprint density at radius 3 is 2.76 bits per heavy atom. The molecule has 0 aliphatic carbocycles. The molecule has 1 aliphatic heterocycles. The number of nitrogens with one attached hydrogen (secondary N) is 1. The van der Waals surface area contributed by atoms with Crippen LogP contribution in [0.15, 0.2) is 36.7 Å². The van der Waals surface area contributed by atoms with Crippen molar-refractivity contribution >= 4 is 17.5 Å². The third-order valence-corrected chi connectivity index (χ3v) is 3.37. The van der Waals surface area contributed by atoms with Crippen LogP contribution in [-0.4, -0.2) is 24.1 Å². The standard InChI is InChI=1S/C15H13ClN2O3/c16-12-7-14-13(20-4-5-21-14)6-11(12)15(19)18-9-10-2-1-3-17-8-10/h1-3,6-8H,4-5,9H2,(H,18,19). The van der Waals surface area contributed by atoms with Crippen LogP contribution in [-0.2, 0) is 6.54 Å². The maximum absolute atomic E-state index is 12.2. The molecular formula is C15H13ClN2O3. The highest BCUT2D eigenvalue weighted by atomic mass is 35.5. The lowest BCUT2D eigenvalue weighted by Crippen LogP contribution is -2.24. The van der Waals surface area contributed by atoms with Crippen molar-refractivity contribution in [2.24, 2.45) is 0 Å². The minimum absolute atomic E-state index is 0.263. The summed E-state index contributed by atoms with van der Waals surface area (Å²) in [7, 11) is 0. The Bertz CT molecular complexity index is 661. The van der Waals surface area contributed by atoms with Crippen LogP contribution in [0.25, 0.3) is 0 Å².